The summed E-state index contributed by atoms with van der Waals surface area (Å²) in [6.45, 7) is 0. The Morgan fingerprint density at radius 1 is 1.53 bits per heavy atom. The molecule has 0 atom stereocenters. The summed E-state index contributed by atoms with van der Waals surface area (Å²) in [5.74, 6) is -1.71. The lowest BCUT2D eigenvalue weighted by atomic mass is 10.3. The number of aromatic nitrogens is 1. The SMILES string of the molecule is O=c1[nH]c(CCl)cc([N+](=O)[O-])c1OC(F)(F)F. The first-order chi connectivity index (χ1) is 7.74. The molecule has 1 N–H and O–H groups in total. The quantitative estimate of drug-likeness (QED) is 0.517. The zero-order valence-corrected chi connectivity index (χ0v) is 8.63. The third-order valence-electron chi connectivity index (χ3n) is 1.58. The van der Waals surface area contributed by atoms with Crippen molar-refractivity contribution in [3.05, 3.63) is 32.2 Å². The van der Waals surface area contributed by atoms with Gasteiger partial charge in [0.2, 0.25) is 0 Å². The van der Waals surface area contributed by atoms with E-state index in [1.165, 1.54) is 0 Å². The number of H-pyrrole nitrogens is 1. The van der Waals surface area contributed by atoms with Crippen LogP contribution < -0.4 is 10.3 Å². The highest BCUT2D eigenvalue weighted by Gasteiger charge is 2.36. The zero-order chi connectivity index (χ0) is 13.2. The maximum absolute atomic E-state index is 11.9. The lowest BCUT2D eigenvalue weighted by Gasteiger charge is -2.08. The van der Waals surface area contributed by atoms with Crippen molar-refractivity contribution in [2.75, 3.05) is 0 Å². The summed E-state index contributed by atoms with van der Waals surface area (Å²) in [5.41, 5.74) is -2.55. The van der Waals surface area contributed by atoms with Crippen LogP contribution in [0.5, 0.6) is 5.75 Å². The van der Waals surface area contributed by atoms with Crippen molar-refractivity contribution in [3.8, 4) is 5.75 Å². The topological polar surface area (TPSA) is 85.2 Å². The van der Waals surface area contributed by atoms with Gasteiger partial charge in [0.25, 0.3) is 11.3 Å². The molecule has 10 heteroatoms. The number of ether oxygens (including phenoxy) is 1. The van der Waals surface area contributed by atoms with Crippen LogP contribution in [0.1, 0.15) is 5.69 Å². The number of nitrogens with zero attached hydrogens (tertiary/aromatic N) is 1. The summed E-state index contributed by atoms with van der Waals surface area (Å²) < 4.78 is 39.1. The Morgan fingerprint density at radius 3 is 2.53 bits per heavy atom. The van der Waals surface area contributed by atoms with Crippen LogP contribution in [0.3, 0.4) is 0 Å². The summed E-state index contributed by atoms with van der Waals surface area (Å²) in [7, 11) is 0. The predicted octanol–water partition coefficient (Wildman–Crippen LogP) is 1.92. The number of hydrogen-bond acceptors (Lipinski definition) is 4. The molecular formula is C7H4ClF3N2O4. The summed E-state index contributed by atoms with van der Waals surface area (Å²) in [5, 5.41) is 10.5. The fraction of sp³-hybridized carbons (Fsp3) is 0.286. The molecule has 6 nitrogen and oxygen atoms in total. The van der Waals surface area contributed by atoms with Crippen LogP contribution in [-0.4, -0.2) is 16.3 Å². The monoisotopic (exact) mass is 272 g/mol. The lowest BCUT2D eigenvalue weighted by Crippen LogP contribution is -2.24. The van der Waals surface area contributed by atoms with E-state index in [-0.39, 0.29) is 11.6 Å². The van der Waals surface area contributed by atoms with Crippen molar-refractivity contribution >= 4 is 17.3 Å². The fourth-order valence-electron chi connectivity index (χ4n) is 1.01. The van der Waals surface area contributed by atoms with Gasteiger partial charge in [-0.25, -0.2) is 0 Å². The van der Waals surface area contributed by atoms with Crippen LogP contribution in [0.25, 0.3) is 0 Å². The van der Waals surface area contributed by atoms with Crippen molar-refractivity contribution in [2.24, 2.45) is 0 Å². The molecule has 0 unspecified atom stereocenters. The average molecular weight is 273 g/mol. The van der Waals surface area contributed by atoms with E-state index >= 15 is 0 Å². The van der Waals surface area contributed by atoms with E-state index in [9.17, 15) is 28.1 Å². The number of rotatable bonds is 3. The largest absolute Gasteiger partial charge is 0.573 e. The Balaban J connectivity index is 3.37. The van der Waals surface area contributed by atoms with E-state index in [4.69, 9.17) is 11.6 Å². The van der Waals surface area contributed by atoms with Crippen LogP contribution in [-0.2, 0) is 5.88 Å². The molecule has 0 amide bonds. The van der Waals surface area contributed by atoms with Gasteiger partial charge >= 0.3 is 12.0 Å². The maximum atomic E-state index is 11.9. The van der Waals surface area contributed by atoms with Gasteiger partial charge in [0.05, 0.1) is 10.8 Å². The average Bonchev–Trinajstić information content (AvgIpc) is 2.18. The molecule has 17 heavy (non-hydrogen) atoms. The summed E-state index contributed by atoms with van der Waals surface area (Å²) in [4.78, 5) is 22.4. The number of nitro groups is 1. The Morgan fingerprint density at radius 2 is 2.12 bits per heavy atom. The molecule has 0 spiro atoms. The predicted molar refractivity (Wildman–Crippen MR) is 50.0 cm³/mol. The van der Waals surface area contributed by atoms with Gasteiger partial charge in [-0.3, -0.25) is 14.9 Å². The van der Waals surface area contributed by atoms with Crippen LogP contribution in [0.15, 0.2) is 10.9 Å². The third kappa shape index (κ3) is 3.34. The van der Waals surface area contributed by atoms with Gasteiger partial charge in [0.1, 0.15) is 0 Å². The van der Waals surface area contributed by atoms with E-state index < -0.39 is 28.3 Å². The highest BCUT2D eigenvalue weighted by atomic mass is 35.5. The molecule has 1 rings (SSSR count). The first kappa shape index (κ1) is 13.3. The molecule has 0 saturated carbocycles. The summed E-state index contributed by atoms with van der Waals surface area (Å²) in [6.07, 6.45) is -5.19. The molecule has 0 radical (unpaired) electrons. The zero-order valence-electron chi connectivity index (χ0n) is 7.88. The van der Waals surface area contributed by atoms with Gasteiger partial charge in [0, 0.05) is 11.8 Å². The Hall–Kier alpha value is -1.77. The normalized spacial score (nSPS) is 11.3. The molecule has 1 aromatic heterocycles. The molecule has 0 saturated heterocycles. The van der Waals surface area contributed by atoms with Gasteiger partial charge in [0.15, 0.2) is 0 Å². The van der Waals surface area contributed by atoms with Crippen LogP contribution in [0.2, 0.25) is 0 Å². The standard InChI is InChI=1S/C7H4ClF3N2O4/c8-2-3-1-4(13(15)16)5(6(14)12-3)17-7(9,10)11/h1H,2H2,(H,12,14). The second-order valence-electron chi connectivity index (χ2n) is 2.78. The number of hydrogen-bond donors (Lipinski definition) is 1. The third-order valence-corrected chi connectivity index (χ3v) is 1.87. The number of aromatic amines is 1. The lowest BCUT2D eigenvalue weighted by molar-refractivity contribution is -0.388. The highest BCUT2D eigenvalue weighted by Crippen LogP contribution is 2.28. The molecule has 0 aliphatic rings. The Labute approximate surface area is 96.1 Å². The number of alkyl halides is 4. The van der Waals surface area contributed by atoms with Crippen molar-refractivity contribution in [1.29, 1.82) is 0 Å². The number of halogens is 4. The van der Waals surface area contributed by atoms with Crippen LogP contribution in [0, 0.1) is 10.1 Å². The first-order valence-corrected chi connectivity index (χ1v) is 4.50. The number of nitrogens with one attached hydrogen (secondary N) is 1. The van der Waals surface area contributed by atoms with Crippen molar-refractivity contribution in [3.63, 3.8) is 0 Å². The van der Waals surface area contributed by atoms with Gasteiger partial charge < -0.3 is 9.72 Å². The summed E-state index contributed by atoms with van der Waals surface area (Å²) >= 11 is 5.31. The highest BCUT2D eigenvalue weighted by molar-refractivity contribution is 6.16. The molecule has 1 aromatic rings. The fourth-order valence-corrected chi connectivity index (χ4v) is 1.15. The molecule has 0 fully saturated rings. The van der Waals surface area contributed by atoms with E-state index in [0.29, 0.717) is 6.07 Å². The van der Waals surface area contributed by atoms with E-state index in [2.05, 4.69) is 4.74 Å². The molecule has 0 bridgehead atoms. The molecule has 0 aromatic carbocycles. The van der Waals surface area contributed by atoms with Gasteiger partial charge in [-0.1, -0.05) is 0 Å². The summed E-state index contributed by atoms with van der Waals surface area (Å²) in [6, 6.07) is 0.704. The van der Waals surface area contributed by atoms with Crippen molar-refractivity contribution < 1.29 is 22.8 Å². The van der Waals surface area contributed by atoms with Gasteiger partial charge in [-0.15, -0.1) is 24.8 Å². The molecule has 94 valence electrons. The Bertz CT molecular complexity index is 499. The van der Waals surface area contributed by atoms with Crippen LogP contribution in [0.4, 0.5) is 18.9 Å². The van der Waals surface area contributed by atoms with Gasteiger partial charge in [-0.2, -0.15) is 0 Å². The molecule has 0 aliphatic carbocycles. The van der Waals surface area contributed by atoms with Crippen molar-refractivity contribution in [2.45, 2.75) is 12.2 Å². The van der Waals surface area contributed by atoms with Crippen LogP contribution >= 0.6 is 11.6 Å². The first-order valence-electron chi connectivity index (χ1n) is 3.97. The molecule has 1 heterocycles. The minimum Gasteiger partial charge on any atom is -0.392 e. The maximum Gasteiger partial charge on any atom is 0.573 e. The van der Waals surface area contributed by atoms with Gasteiger partial charge in [-0.05, 0) is 0 Å². The van der Waals surface area contributed by atoms with E-state index in [1.54, 1.807) is 0 Å². The van der Waals surface area contributed by atoms with E-state index in [1.807, 2.05) is 4.98 Å². The smallest absolute Gasteiger partial charge is 0.392 e. The minimum atomic E-state index is -5.19. The second kappa shape index (κ2) is 4.62. The minimum absolute atomic E-state index is 0.0853. The molecule has 0 aliphatic heterocycles. The second-order valence-corrected chi connectivity index (χ2v) is 3.04. The number of pyridine rings is 1. The molecular weight excluding hydrogens is 269 g/mol. The Kier molecular flexibility index (Phi) is 3.61. The van der Waals surface area contributed by atoms with Crippen molar-refractivity contribution in [1.82, 2.24) is 4.98 Å². The van der Waals surface area contributed by atoms with E-state index in [0.717, 1.165) is 0 Å².